The van der Waals surface area contributed by atoms with E-state index < -0.39 is 36.9 Å². The van der Waals surface area contributed by atoms with Gasteiger partial charge in [-0.25, -0.2) is 0 Å². The van der Waals surface area contributed by atoms with Crippen LogP contribution >= 0.6 is 0 Å². The number of ether oxygens (including phenoxy) is 1. The van der Waals surface area contributed by atoms with Gasteiger partial charge in [0, 0.05) is 0 Å². The molecule has 0 bridgehead atoms. The van der Waals surface area contributed by atoms with Crippen molar-refractivity contribution >= 4 is 0 Å². The Hall–Kier alpha value is -0.410. The van der Waals surface area contributed by atoms with Gasteiger partial charge in [0.25, 0.3) is 0 Å². The summed E-state index contributed by atoms with van der Waals surface area (Å²) in [5, 5.41) is 35.6. The Kier molecular flexibility index (Phi) is 2.76. The van der Waals surface area contributed by atoms with Crippen LogP contribution in [-0.2, 0) is 4.74 Å². The lowest BCUT2D eigenvalue weighted by atomic mass is 9.89. The highest BCUT2D eigenvalue weighted by Crippen LogP contribution is 2.39. The van der Waals surface area contributed by atoms with E-state index in [-0.39, 0.29) is 0 Å². The molecule has 1 aliphatic rings. The van der Waals surface area contributed by atoms with Gasteiger partial charge in [-0.05, 0) is 0 Å². The van der Waals surface area contributed by atoms with Gasteiger partial charge in [-0.3, -0.25) is 0 Å². The van der Waals surface area contributed by atoms with Crippen LogP contribution in [0.2, 0.25) is 0 Å². The Labute approximate surface area is 76.3 Å². The van der Waals surface area contributed by atoms with Crippen LogP contribution in [0.15, 0.2) is 0 Å². The van der Waals surface area contributed by atoms with E-state index >= 15 is 0 Å². The number of halogens is 3. The third kappa shape index (κ3) is 1.48. The Morgan fingerprint density at radius 1 is 1.21 bits per heavy atom. The summed E-state index contributed by atoms with van der Waals surface area (Å²) in [6, 6.07) is 0. The number of alkyl halides is 3. The van der Waals surface area contributed by atoms with E-state index in [1.165, 1.54) is 0 Å². The fourth-order valence-electron chi connectivity index (χ4n) is 1.16. The van der Waals surface area contributed by atoms with Crippen LogP contribution in [0.5, 0.6) is 0 Å². The predicted octanol–water partition coefficient (Wildman–Crippen LogP) is -1.65. The van der Waals surface area contributed by atoms with Crippen LogP contribution in [0.4, 0.5) is 13.2 Å². The van der Waals surface area contributed by atoms with Gasteiger partial charge >= 0.3 is 6.18 Å². The van der Waals surface area contributed by atoms with Crippen molar-refractivity contribution in [3.05, 3.63) is 0 Å². The zero-order valence-corrected chi connectivity index (χ0v) is 6.77. The maximum atomic E-state index is 12.2. The van der Waals surface area contributed by atoms with Gasteiger partial charge in [-0.2, -0.15) is 13.2 Å². The van der Waals surface area contributed by atoms with E-state index in [1.807, 2.05) is 0 Å². The Balaban J connectivity index is 3.02. The summed E-state index contributed by atoms with van der Waals surface area (Å²) in [7, 11) is 0. The normalized spacial score (nSPS) is 45.2. The van der Waals surface area contributed by atoms with E-state index in [9.17, 15) is 13.2 Å². The first-order valence-electron chi connectivity index (χ1n) is 3.66. The number of hydrogen-bond donors (Lipinski definition) is 4. The van der Waals surface area contributed by atoms with E-state index in [2.05, 4.69) is 4.74 Å². The maximum absolute atomic E-state index is 12.2. The summed E-state index contributed by atoms with van der Waals surface area (Å²) in [6.07, 6.45) is -12.3. The lowest BCUT2D eigenvalue weighted by Gasteiger charge is -2.43. The maximum Gasteiger partial charge on any atom is 0.424 e. The van der Waals surface area contributed by atoms with Gasteiger partial charge in [-0.1, -0.05) is 0 Å². The molecule has 1 rings (SSSR count). The zero-order chi connectivity index (χ0) is 11.1. The average Bonchev–Trinajstić information content (AvgIpc) is 2.06. The van der Waals surface area contributed by atoms with Gasteiger partial charge in [-0.15, -0.1) is 0 Å². The lowest BCUT2D eigenvalue weighted by molar-refractivity contribution is -0.390. The van der Waals surface area contributed by atoms with Gasteiger partial charge in [0.05, 0.1) is 6.61 Å². The second kappa shape index (κ2) is 3.31. The first kappa shape index (κ1) is 11.7. The number of rotatable bonds is 0. The monoisotopic (exact) mass is 218 g/mol. The SMILES string of the molecule is OC1OC[C@H](O)[C@H](O)[C@@]1(O)C(F)(F)F. The van der Waals surface area contributed by atoms with Crippen molar-refractivity contribution in [2.45, 2.75) is 30.3 Å². The first-order valence-corrected chi connectivity index (χ1v) is 3.66. The van der Waals surface area contributed by atoms with Crippen LogP contribution in [0.3, 0.4) is 0 Å². The standard InChI is InChI=1S/C6H9F3O5/c7-6(8,9)5(13)3(11)2(10)1-14-4(5)12/h2-4,10-13H,1H2/t2-,3-,4?,5-/m0/s1. The summed E-state index contributed by atoms with van der Waals surface area (Å²) in [5.41, 5.74) is -3.86. The van der Waals surface area contributed by atoms with Gasteiger partial charge in [0.1, 0.15) is 12.2 Å². The topological polar surface area (TPSA) is 90.2 Å². The van der Waals surface area contributed by atoms with Gasteiger partial charge in [0.2, 0.25) is 5.60 Å². The van der Waals surface area contributed by atoms with Crippen LogP contribution in [0, 0.1) is 0 Å². The van der Waals surface area contributed by atoms with Crippen LogP contribution < -0.4 is 0 Å². The van der Waals surface area contributed by atoms with Gasteiger partial charge < -0.3 is 25.2 Å². The largest absolute Gasteiger partial charge is 0.424 e. The molecule has 0 spiro atoms. The molecule has 84 valence electrons. The zero-order valence-electron chi connectivity index (χ0n) is 6.77. The molecule has 5 nitrogen and oxygen atoms in total. The fourth-order valence-corrected chi connectivity index (χ4v) is 1.16. The molecule has 8 heteroatoms. The van der Waals surface area contributed by atoms with Gasteiger partial charge in [0.15, 0.2) is 6.29 Å². The van der Waals surface area contributed by atoms with Crippen molar-refractivity contribution in [2.75, 3.05) is 6.61 Å². The first-order chi connectivity index (χ1) is 6.21. The minimum absolute atomic E-state index is 0.680. The number of aliphatic hydroxyl groups excluding tert-OH is 3. The molecule has 4 N–H and O–H groups in total. The molecule has 0 aromatic rings. The third-order valence-electron chi connectivity index (χ3n) is 2.07. The molecule has 1 fully saturated rings. The Bertz CT molecular complexity index is 220. The molecule has 4 atom stereocenters. The smallest absolute Gasteiger partial charge is 0.388 e. The second-order valence-electron chi connectivity index (χ2n) is 3.02. The van der Waals surface area contributed by atoms with Crippen molar-refractivity contribution in [3.8, 4) is 0 Å². The third-order valence-corrected chi connectivity index (χ3v) is 2.07. The summed E-state index contributed by atoms with van der Waals surface area (Å²) in [5.74, 6) is 0. The molecule has 1 aliphatic heterocycles. The lowest BCUT2D eigenvalue weighted by Crippen LogP contribution is -2.69. The Morgan fingerprint density at radius 3 is 2.07 bits per heavy atom. The summed E-state index contributed by atoms with van der Waals surface area (Å²) in [6.45, 7) is -0.680. The molecule has 0 saturated carbocycles. The molecule has 0 aliphatic carbocycles. The van der Waals surface area contributed by atoms with Crippen molar-refractivity contribution in [1.29, 1.82) is 0 Å². The van der Waals surface area contributed by atoms with Crippen LogP contribution in [0.1, 0.15) is 0 Å². The molecule has 0 aromatic carbocycles. The van der Waals surface area contributed by atoms with E-state index in [0.29, 0.717) is 0 Å². The highest BCUT2D eigenvalue weighted by atomic mass is 19.4. The van der Waals surface area contributed by atoms with Crippen molar-refractivity contribution in [2.24, 2.45) is 0 Å². The predicted molar refractivity (Wildman–Crippen MR) is 35.0 cm³/mol. The van der Waals surface area contributed by atoms with Crippen LogP contribution in [0.25, 0.3) is 0 Å². The summed E-state index contributed by atoms with van der Waals surface area (Å²) >= 11 is 0. The van der Waals surface area contributed by atoms with E-state index in [0.717, 1.165) is 0 Å². The molecule has 14 heavy (non-hydrogen) atoms. The highest BCUT2D eigenvalue weighted by molar-refractivity contribution is 5.01. The van der Waals surface area contributed by atoms with Crippen molar-refractivity contribution in [3.63, 3.8) is 0 Å². The van der Waals surface area contributed by atoms with Crippen LogP contribution in [-0.4, -0.2) is 57.3 Å². The van der Waals surface area contributed by atoms with Crippen molar-refractivity contribution in [1.82, 2.24) is 0 Å². The summed E-state index contributed by atoms with van der Waals surface area (Å²) < 4.78 is 40.8. The highest BCUT2D eigenvalue weighted by Gasteiger charge is 2.67. The summed E-state index contributed by atoms with van der Waals surface area (Å²) in [4.78, 5) is 0. The fraction of sp³-hybridized carbons (Fsp3) is 1.00. The second-order valence-corrected chi connectivity index (χ2v) is 3.02. The minimum atomic E-state index is -5.30. The molecule has 1 unspecified atom stereocenters. The minimum Gasteiger partial charge on any atom is -0.388 e. The van der Waals surface area contributed by atoms with E-state index in [4.69, 9.17) is 20.4 Å². The molecular weight excluding hydrogens is 209 g/mol. The molecule has 0 amide bonds. The number of aliphatic hydroxyl groups is 4. The Morgan fingerprint density at radius 2 is 1.71 bits per heavy atom. The number of hydrogen-bond acceptors (Lipinski definition) is 5. The average molecular weight is 218 g/mol. The molecule has 1 heterocycles. The molecular formula is C6H9F3O5. The van der Waals surface area contributed by atoms with Crippen molar-refractivity contribution < 1.29 is 38.3 Å². The van der Waals surface area contributed by atoms with E-state index in [1.54, 1.807) is 0 Å². The molecule has 0 aromatic heterocycles. The molecule has 0 radical (unpaired) electrons. The molecule has 1 saturated heterocycles. The quantitative estimate of drug-likeness (QED) is 0.391.